The van der Waals surface area contributed by atoms with Crippen LogP contribution in [0.25, 0.3) is 0 Å². The number of nitrogens with one attached hydrogen (secondary N) is 2. The van der Waals surface area contributed by atoms with Crippen LogP contribution in [0.15, 0.2) is 30.6 Å². The Labute approximate surface area is 177 Å². The van der Waals surface area contributed by atoms with Crippen LogP contribution in [0.5, 0.6) is 0 Å². The maximum absolute atomic E-state index is 11.7. The zero-order valence-electron chi connectivity index (χ0n) is 17.5. The predicted octanol–water partition coefficient (Wildman–Crippen LogP) is 3.61. The molecule has 2 aromatic rings. The van der Waals surface area contributed by atoms with Crippen molar-refractivity contribution >= 4 is 23.0 Å². The Morgan fingerprint density at radius 2 is 1.87 bits per heavy atom. The third-order valence-electron chi connectivity index (χ3n) is 5.09. The van der Waals surface area contributed by atoms with Crippen molar-refractivity contribution in [3.05, 3.63) is 46.3 Å². The molecule has 1 aromatic carbocycles. The van der Waals surface area contributed by atoms with Crippen molar-refractivity contribution in [3.63, 3.8) is 0 Å². The topological polar surface area (TPSA) is 105 Å². The van der Waals surface area contributed by atoms with E-state index < -0.39 is 4.92 Å². The highest BCUT2D eigenvalue weighted by molar-refractivity contribution is 5.73. The number of hydrogen-bond acceptors (Lipinski definition) is 8. The summed E-state index contributed by atoms with van der Waals surface area (Å²) >= 11 is 0. The Bertz CT molecular complexity index is 809. The predicted molar refractivity (Wildman–Crippen MR) is 117 cm³/mol. The first kappa shape index (κ1) is 21.9. The largest absolute Gasteiger partial charge is 0.379 e. The number of nitro groups is 1. The molecule has 2 N–H and O–H groups in total. The fourth-order valence-electron chi connectivity index (χ4n) is 3.38. The van der Waals surface area contributed by atoms with Gasteiger partial charge in [0.2, 0.25) is 11.6 Å². The van der Waals surface area contributed by atoms with Gasteiger partial charge in [-0.1, -0.05) is 25.5 Å². The molecule has 162 valence electrons. The molecular formula is C21H30N6O3. The molecule has 0 radical (unpaired) electrons. The van der Waals surface area contributed by atoms with Gasteiger partial charge < -0.3 is 15.4 Å². The van der Waals surface area contributed by atoms with E-state index in [0.29, 0.717) is 6.54 Å². The third-order valence-corrected chi connectivity index (χ3v) is 5.09. The minimum absolute atomic E-state index is 0.140. The van der Waals surface area contributed by atoms with Crippen LogP contribution in [0.4, 0.5) is 23.0 Å². The number of ether oxygens (including phenoxy) is 1. The summed E-state index contributed by atoms with van der Waals surface area (Å²) in [6.45, 7) is 7.07. The van der Waals surface area contributed by atoms with Gasteiger partial charge in [0.05, 0.1) is 18.1 Å². The van der Waals surface area contributed by atoms with Gasteiger partial charge in [-0.05, 0) is 43.5 Å². The first-order chi connectivity index (χ1) is 14.7. The smallest absolute Gasteiger partial charge is 0.353 e. The summed E-state index contributed by atoms with van der Waals surface area (Å²) < 4.78 is 5.35. The van der Waals surface area contributed by atoms with Crippen LogP contribution in [0.1, 0.15) is 31.7 Å². The van der Waals surface area contributed by atoms with E-state index in [9.17, 15) is 10.1 Å². The van der Waals surface area contributed by atoms with Crippen molar-refractivity contribution in [2.75, 3.05) is 50.0 Å². The van der Waals surface area contributed by atoms with Crippen LogP contribution in [0.2, 0.25) is 0 Å². The third kappa shape index (κ3) is 6.36. The monoisotopic (exact) mass is 414 g/mol. The average Bonchev–Trinajstić information content (AvgIpc) is 2.77. The van der Waals surface area contributed by atoms with E-state index >= 15 is 0 Å². The molecular weight excluding hydrogens is 384 g/mol. The molecule has 0 amide bonds. The lowest BCUT2D eigenvalue weighted by molar-refractivity contribution is -0.383. The zero-order valence-corrected chi connectivity index (χ0v) is 17.5. The zero-order chi connectivity index (χ0) is 21.2. The standard InChI is InChI=1S/C21H30N6O3/c1-2-3-5-17-6-8-18(9-7-17)25-21-19(27(28)29)20(23-16-24-21)22-10-4-11-26-12-14-30-15-13-26/h6-9,16H,2-5,10-15H2,1H3,(H2,22,23,24,25). The first-order valence-electron chi connectivity index (χ1n) is 10.6. The molecule has 1 aromatic heterocycles. The minimum atomic E-state index is -0.442. The lowest BCUT2D eigenvalue weighted by atomic mass is 10.1. The van der Waals surface area contributed by atoms with Gasteiger partial charge in [0.1, 0.15) is 6.33 Å². The number of rotatable bonds is 11. The van der Waals surface area contributed by atoms with Crippen molar-refractivity contribution in [3.8, 4) is 0 Å². The first-order valence-corrected chi connectivity index (χ1v) is 10.6. The summed E-state index contributed by atoms with van der Waals surface area (Å²) in [6.07, 6.45) is 5.53. The highest BCUT2D eigenvalue weighted by Gasteiger charge is 2.23. The van der Waals surface area contributed by atoms with E-state index in [1.165, 1.54) is 11.9 Å². The van der Waals surface area contributed by atoms with Crippen molar-refractivity contribution in [2.45, 2.75) is 32.6 Å². The van der Waals surface area contributed by atoms with E-state index in [1.807, 2.05) is 24.3 Å². The molecule has 0 atom stereocenters. The van der Waals surface area contributed by atoms with E-state index in [-0.39, 0.29) is 17.3 Å². The summed E-state index contributed by atoms with van der Waals surface area (Å²) in [6, 6.07) is 7.92. The molecule has 1 saturated heterocycles. The van der Waals surface area contributed by atoms with E-state index in [4.69, 9.17) is 4.74 Å². The van der Waals surface area contributed by atoms with Crippen molar-refractivity contribution in [1.29, 1.82) is 0 Å². The summed E-state index contributed by atoms with van der Waals surface area (Å²) in [5.74, 6) is 0.422. The molecule has 1 fully saturated rings. The second-order valence-electron chi connectivity index (χ2n) is 7.34. The van der Waals surface area contributed by atoms with Crippen LogP contribution in [0, 0.1) is 10.1 Å². The highest BCUT2D eigenvalue weighted by atomic mass is 16.6. The molecule has 0 spiro atoms. The van der Waals surface area contributed by atoms with Gasteiger partial charge >= 0.3 is 5.69 Å². The lowest BCUT2D eigenvalue weighted by Crippen LogP contribution is -2.37. The summed E-state index contributed by atoms with van der Waals surface area (Å²) in [4.78, 5) is 21.8. The van der Waals surface area contributed by atoms with Gasteiger partial charge in [-0.15, -0.1) is 0 Å². The van der Waals surface area contributed by atoms with Crippen LogP contribution in [0.3, 0.4) is 0 Å². The van der Waals surface area contributed by atoms with Gasteiger partial charge in [-0.3, -0.25) is 15.0 Å². The van der Waals surface area contributed by atoms with E-state index in [2.05, 4.69) is 32.4 Å². The van der Waals surface area contributed by atoms with Crippen molar-refractivity contribution in [1.82, 2.24) is 14.9 Å². The summed E-state index contributed by atoms with van der Waals surface area (Å²) in [5, 5.41) is 17.9. The quantitative estimate of drug-likeness (QED) is 0.326. The van der Waals surface area contributed by atoms with Crippen LogP contribution < -0.4 is 10.6 Å². The van der Waals surface area contributed by atoms with Crippen LogP contribution in [-0.2, 0) is 11.2 Å². The molecule has 0 aliphatic carbocycles. The normalized spacial score (nSPS) is 14.4. The maximum atomic E-state index is 11.7. The molecule has 9 heteroatoms. The number of aryl methyl sites for hydroxylation is 1. The SMILES string of the molecule is CCCCc1ccc(Nc2ncnc(NCCCN3CCOCC3)c2[N+](=O)[O-])cc1. The molecule has 9 nitrogen and oxygen atoms in total. The molecule has 0 bridgehead atoms. The lowest BCUT2D eigenvalue weighted by Gasteiger charge is -2.26. The number of benzene rings is 1. The molecule has 0 saturated carbocycles. The number of nitrogens with zero attached hydrogens (tertiary/aromatic N) is 4. The van der Waals surface area contributed by atoms with E-state index in [0.717, 1.165) is 64.2 Å². The average molecular weight is 415 g/mol. The second kappa shape index (κ2) is 11.4. The number of aromatic nitrogens is 2. The number of hydrogen-bond donors (Lipinski definition) is 2. The second-order valence-corrected chi connectivity index (χ2v) is 7.34. The van der Waals surface area contributed by atoms with Gasteiger partial charge in [0.25, 0.3) is 0 Å². The number of morpholine rings is 1. The molecule has 1 aliphatic rings. The Hall–Kier alpha value is -2.78. The number of unbranched alkanes of at least 4 members (excludes halogenated alkanes) is 1. The molecule has 0 unspecified atom stereocenters. The maximum Gasteiger partial charge on any atom is 0.353 e. The van der Waals surface area contributed by atoms with E-state index in [1.54, 1.807) is 0 Å². The van der Waals surface area contributed by atoms with Gasteiger partial charge in [-0.2, -0.15) is 0 Å². The van der Waals surface area contributed by atoms with Crippen LogP contribution in [-0.4, -0.2) is 59.2 Å². The van der Waals surface area contributed by atoms with Crippen molar-refractivity contribution in [2.24, 2.45) is 0 Å². The Morgan fingerprint density at radius 3 is 2.57 bits per heavy atom. The number of anilines is 3. The van der Waals surface area contributed by atoms with Crippen molar-refractivity contribution < 1.29 is 9.66 Å². The Morgan fingerprint density at radius 1 is 1.13 bits per heavy atom. The summed E-state index contributed by atoms with van der Waals surface area (Å²) in [5.41, 5.74) is 1.87. The fourth-order valence-corrected chi connectivity index (χ4v) is 3.38. The fraction of sp³-hybridized carbons (Fsp3) is 0.524. The molecule has 3 rings (SSSR count). The highest BCUT2D eigenvalue weighted by Crippen LogP contribution is 2.31. The Balaban J connectivity index is 1.61. The summed E-state index contributed by atoms with van der Waals surface area (Å²) in [7, 11) is 0. The van der Waals surface area contributed by atoms with Gasteiger partial charge in [-0.25, -0.2) is 9.97 Å². The Kier molecular flexibility index (Phi) is 8.34. The molecule has 2 heterocycles. The van der Waals surface area contributed by atoms with Gasteiger partial charge in [0, 0.05) is 25.3 Å². The van der Waals surface area contributed by atoms with Crippen LogP contribution >= 0.6 is 0 Å². The minimum Gasteiger partial charge on any atom is -0.379 e. The molecule has 30 heavy (non-hydrogen) atoms. The molecule has 1 aliphatic heterocycles. The van der Waals surface area contributed by atoms with Gasteiger partial charge in [0.15, 0.2) is 0 Å².